The van der Waals surface area contributed by atoms with Crippen molar-refractivity contribution >= 4 is 33.2 Å². The van der Waals surface area contributed by atoms with E-state index in [0.717, 1.165) is 4.96 Å². The van der Waals surface area contributed by atoms with Crippen LogP contribution < -0.4 is 10.9 Å². The van der Waals surface area contributed by atoms with Gasteiger partial charge < -0.3 is 10.3 Å². The summed E-state index contributed by atoms with van der Waals surface area (Å²) >= 11 is 1.41. The van der Waals surface area contributed by atoms with Crippen molar-refractivity contribution in [2.75, 3.05) is 0 Å². The SMILES string of the molecule is C[C@H](NC(=O)c1nc2ccccc2[nH]c1=O)c1cn2ncsc2n1. The van der Waals surface area contributed by atoms with E-state index in [2.05, 4.69) is 25.4 Å². The minimum Gasteiger partial charge on any atom is -0.342 e. The summed E-state index contributed by atoms with van der Waals surface area (Å²) < 4.78 is 1.64. The van der Waals surface area contributed by atoms with Crippen LogP contribution in [0.5, 0.6) is 0 Å². The first-order valence-corrected chi connectivity index (χ1v) is 8.08. The van der Waals surface area contributed by atoms with E-state index in [1.54, 1.807) is 47.4 Å². The molecule has 0 spiro atoms. The molecule has 3 aromatic heterocycles. The molecule has 120 valence electrons. The monoisotopic (exact) mass is 340 g/mol. The van der Waals surface area contributed by atoms with E-state index in [-0.39, 0.29) is 11.7 Å². The lowest BCUT2D eigenvalue weighted by Gasteiger charge is -2.10. The van der Waals surface area contributed by atoms with Crippen molar-refractivity contribution in [3.05, 3.63) is 57.7 Å². The molecule has 0 unspecified atom stereocenters. The lowest BCUT2D eigenvalue weighted by atomic mass is 10.2. The fourth-order valence-electron chi connectivity index (χ4n) is 2.39. The topological polar surface area (TPSA) is 105 Å². The van der Waals surface area contributed by atoms with Gasteiger partial charge in [0.05, 0.1) is 29.0 Å². The number of H-pyrrole nitrogens is 1. The molecule has 0 aliphatic rings. The smallest absolute Gasteiger partial charge is 0.280 e. The predicted octanol–water partition coefficient (Wildman–Crippen LogP) is 1.52. The maximum Gasteiger partial charge on any atom is 0.280 e. The second-order valence-electron chi connectivity index (χ2n) is 5.26. The number of amides is 1. The molecule has 0 bridgehead atoms. The van der Waals surface area contributed by atoms with Gasteiger partial charge in [0.2, 0.25) is 4.96 Å². The van der Waals surface area contributed by atoms with E-state index in [1.807, 2.05) is 0 Å². The Morgan fingerprint density at radius 1 is 1.33 bits per heavy atom. The first-order chi connectivity index (χ1) is 11.6. The van der Waals surface area contributed by atoms with Crippen LogP contribution in [0.15, 0.2) is 40.8 Å². The normalized spacial score (nSPS) is 12.5. The fraction of sp³-hybridized carbons (Fsp3) is 0.133. The molecular formula is C15H12N6O2S. The molecule has 0 saturated heterocycles. The van der Waals surface area contributed by atoms with Crippen LogP contribution in [0.2, 0.25) is 0 Å². The van der Waals surface area contributed by atoms with Gasteiger partial charge in [-0.1, -0.05) is 23.5 Å². The van der Waals surface area contributed by atoms with Crippen molar-refractivity contribution in [2.45, 2.75) is 13.0 Å². The highest BCUT2D eigenvalue weighted by Gasteiger charge is 2.19. The van der Waals surface area contributed by atoms with E-state index in [0.29, 0.717) is 16.7 Å². The molecule has 1 amide bonds. The lowest BCUT2D eigenvalue weighted by Crippen LogP contribution is -2.33. The molecule has 0 aliphatic heterocycles. The summed E-state index contributed by atoms with van der Waals surface area (Å²) in [5, 5.41) is 6.85. The van der Waals surface area contributed by atoms with E-state index >= 15 is 0 Å². The summed E-state index contributed by atoms with van der Waals surface area (Å²) in [5.41, 5.74) is 2.81. The molecule has 0 saturated carbocycles. The number of fused-ring (bicyclic) bond motifs is 2. The Balaban J connectivity index is 1.62. The Labute approximate surface area is 139 Å². The summed E-state index contributed by atoms with van der Waals surface area (Å²) in [6, 6.07) is 6.68. The van der Waals surface area contributed by atoms with Gasteiger partial charge >= 0.3 is 0 Å². The van der Waals surface area contributed by atoms with Gasteiger partial charge in [0, 0.05) is 0 Å². The number of carbonyl (C=O) groups excluding carboxylic acids is 1. The second-order valence-corrected chi connectivity index (χ2v) is 6.07. The van der Waals surface area contributed by atoms with Gasteiger partial charge in [0.15, 0.2) is 5.69 Å². The van der Waals surface area contributed by atoms with Crippen LogP contribution in [-0.4, -0.2) is 30.5 Å². The van der Waals surface area contributed by atoms with E-state index in [4.69, 9.17) is 0 Å². The van der Waals surface area contributed by atoms with Crippen LogP contribution in [0.4, 0.5) is 0 Å². The van der Waals surface area contributed by atoms with Crippen LogP contribution >= 0.6 is 11.3 Å². The zero-order valence-corrected chi connectivity index (χ0v) is 13.4. The summed E-state index contributed by atoms with van der Waals surface area (Å²) in [6.45, 7) is 1.79. The van der Waals surface area contributed by atoms with E-state index in [9.17, 15) is 9.59 Å². The number of rotatable bonds is 3. The molecule has 3 heterocycles. The number of hydrogen-bond acceptors (Lipinski definition) is 6. The van der Waals surface area contributed by atoms with Gasteiger partial charge in [-0.05, 0) is 19.1 Å². The number of benzene rings is 1. The van der Waals surface area contributed by atoms with Crippen LogP contribution in [0, 0.1) is 0 Å². The Morgan fingerprint density at radius 3 is 3.00 bits per heavy atom. The van der Waals surface area contributed by atoms with Gasteiger partial charge in [-0.2, -0.15) is 5.10 Å². The molecule has 1 aromatic carbocycles. The summed E-state index contributed by atoms with van der Waals surface area (Å²) in [5.74, 6) is -0.543. The van der Waals surface area contributed by atoms with Crippen molar-refractivity contribution in [3.8, 4) is 0 Å². The molecule has 4 aromatic rings. The zero-order chi connectivity index (χ0) is 16.7. The van der Waals surface area contributed by atoms with Gasteiger partial charge in [-0.15, -0.1) is 0 Å². The molecule has 2 N–H and O–H groups in total. The zero-order valence-electron chi connectivity index (χ0n) is 12.6. The van der Waals surface area contributed by atoms with Crippen molar-refractivity contribution in [1.82, 2.24) is 29.9 Å². The second kappa shape index (κ2) is 5.53. The highest BCUT2D eigenvalue weighted by Crippen LogP contribution is 2.15. The van der Waals surface area contributed by atoms with Gasteiger partial charge in [0.1, 0.15) is 5.51 Å². The Kier molecular flexibility index (Phi) is 3.35. The molecule has 8 nitrogen and oxygen atoms in total. The number of hydrogen-bond donors (Lipinski definition) is 2. The average molecular weight is 340 g/mol. The van der Waals surface area contributed by atoms with Gasteiger partial charge in [-0.3, -0.25) is 9.59 Å². The molecule has 0 aliphatic carbocycles. The summed E-state index contributed by atoms with van der Waals surface area (Å²) in [4.78, 5) is 36.4. The standard InChI is InChI=1S/C15H12N6O2S/c1-8(11-6-21-15(20-11)24-7-16-21)17-13(22)12-14(23)19-10-5-3-2-4-9(10)18-12/h2-8H,1H3,(H,17,22)(H,19,23)/t8-/m0/s1. The molecule has 0 radical (unpaired) electrons. The molecule has 0 fully saturated rings. The Hall–Kier alpha value is -3.07. The van der Waals surface area contributed by atoms with Crippen LogP contribution in [0.1, 0.15) is 29.1 Å². The highest BCUT2D eigenvalue weighted by atomic mass is 32.1. The van der Waals surface area contributed by atoms with Gasteiger partial charge in [0.25, 0.3) is 11.5 Å². The molecular weight excluding hydrogens is 328 g/mol. The number of imidazole rings is 1. The van der Waals surface area contributed by atoms with Crippen molar-refractivity contribution < 1.29 is 4.79 Å². The number of nitrogens with one attached hydrogen (secondary N) is 2. The number of para-hydroxylation sites is 2. The number of aromatic nitrogens is 5. The third kappa shape index (κ3) is 2.44. The number of carbonyl (C=O) groups is 1. The van der Waals surface area contributed by atoms with E-state index < -0.39 is 11.5 Å². The largest absolute Gasteiger partial charge is 0.342 e. The summed E-state index contributed by atoms with van der Waals surface area (Å²) in [7, 11) is 0. The Morgan fingerprint density at radius 2 is 2.17 bits per heavy atom. The van der Waals surface area contributed by atoms with Crippen LogP contribution in [0.25, 0.3) is 16.0 Å². The Bertz CT molecular complexity index is 1080. The lowest BCUT2D eigenvalue weighted by molar-refractivity contribution is 0.0933. The fourth-order valence-corrected chi connectivity index (χ4v) is 3.00. The molecule has 1 atom stereocenters. The summed E-state index contributed by atoms with van der Waals surface area (Å²) in [6.07, 6.45) is 1.74. The van der Waals surface area contributed by atoms with Crippen LogP contribution in [-0.2, 0) is 0 Å². The molecule has 24 heavy (non-hydrogen) atoms. The maximum absolute atomic E-state index is 12.4. The third-order valence-corrected chi connectivity index (χ3v) is 4.30. The number of nitrogens with zero attached hydrogens (tertiary/aromatic N) is 4. The maximum atomic E-state index is 12.4. The van der Waals surface area contributed by atoms with E-state index in [1.165, 1.54) is 11.3 Å². The minimum atomic E-state index is -0.543. The molecule has 9 heteroatoms. The highest BCUT2D eigenvalue weighted by molar-refractivity contribution is 7.14. The minimum absolute atomic E-state index is 0.167. The van der Waals surface area contributed by atoms with Crippen molar-refractivity contribution in [2.24, 2.45) is 0 Å². The quantitative estimate of drug-likeness (QED) is 0.588. The van der Waals surface area contributed by atoms with Gasteiger partial charge in [-0.25, -0.2) is 14.5 Å². The van der Waals surface area contributed by atoms with Crippen molar-refractivity contribution in [3.63, 3.8) is 0 Å². The first-order valence-electron chi connectivity index (χ1n) is 7.20. The predicted molar refractivity (Wildman–Crippen MR) is 89.1 cm³/mol. The third-order valence-electron chi connectivity index (χ3n) is 3.61. The van der Waals surface area contributed by atoms with Crippen LogP contribution in [0.3, 0.4) is 0 Å². The molecule has 4 rings (SSSR count). The first kappa shape index (κ1) is 14.5. The average Bonchev–Trinajstić information content (AvgIpc) is 3.15. The number of aromatic amines is 1. The van der Waals surface area contributed by atoms with Crippen molar-refractivity contribution in [1.29, 1.82) is 0 Å².